The third-order valence-electron chi connectivity index (χ3n) is 5.06. The van der Waals surface area contributed by atoms with Crippen molar-refractivity contribution in [3.05, 3.63) is 58.1 Å². The monoisotopic (exact) mass is 363 g/mol. The van der Waals surface area contributed by atoms with Crippen LogP contribution in [0.1, 0.15) is 52.4 Å². The number of anilines is 1. The van der Waals surface area contributed by atoms with Gasteiger partial charge < -0.3 is 15.0 Å². The summed E-state index contributed by atoms with van der Waals surface area (Å²) in [6.07, 6.45) is 0.898. The average molecular weight is 363 g/mol. The molecule has 0 saturated carbocycles. The third-order valence-corrected chi connectivity index (χ3v) is 5.06. The van der Waals surface area contributed by atoms with Crippen molar-refractivity contribution in [1.29, 1.82) is 5.26 Å². The van der Waals surface area contributed by atoms with E-state index < -0.39 is 0 Å². The van der Waals surface area contributed by atoms with Crippen molar-refractivity contribution < 1.29 is 9.53 Å². The Labute approximate surface area is 160 Å². The van der Waals surface area contributed by atoms with Crippen LogP contribution >= 0.6 is 0 Å². The van der Waals surface area contributed by atoms with E-state index in [-0.39, 0.29) is 11.8 Å². The Hall–Kier alpha value is -2.84. The smallest absolute Gasteiger partial charge is 0.259 e. The van der Waals surface area contributed by atoms with Gasteiger partial charge in [0.2, 0.25) is 0 Å². The highest BCUT2D eigenvalue weighted by Crippen LogP contribution is 2.30. The number of nitrogens with zero attached hydrogens (tertiary/aromatic N) is 2. The van der Waals surface area contributed by atoms with Gasteiger partial charge in [-0.05, 0) is 54.3 Å². The van der Waals surface area contributed by atoms with Crippen LogP contribution in [0.3, 0.4) is 0 Å². The Morgan fingerprint density at radius 3 is 2.78 bits per heavy atom. The van der Waals surface area contributed by atoms with Crippen LogP contribution in [0.25, 0.3) is 0 Å². The van der Waals surface area contributed by atoms with Gasteiger partial charge in [0.25, 0.3) is 5.91 Å². The van der Waals surface area contributed by atoms with Gasteiger partial charge in [-0.25, -0.2) is 0 Å². The Bertz CT molecular complexity index is 913. The summed E-state index contributed by atoms with van der Waals surface area (Å²) in [5, 5.41) is 12.5. The number of amides is 1. The predicted molar refractivity (Wildman–Crippen MR) is 106 cm³/mol. The molecule has 0 bridgehead atoms. The van der Waals surface area contributed by atoms with E-state index in [1.54, 1.807) is 19.2 Å². The number of likely N-dealkylation sites (N-methyl/N-ethyl adjacent to an activating group) is 1. The molecule has 140 valence electrons. The first-order valence-corrected chi connectivity index (χ1v) is 9.17. The molecule has 1 aliphatic rings. The van der Waals surface area contributed by atoms with Gasteiger partial charge in [0.15, 0.2) is 0 Å². The van der Waals surface area contributed by atoms with E-state index in [0.29, 0.717) is 16.9 Å². The zero-order valence-corrected chi connectivity index (χ0v) is 16.3. The molecule has 0 radical (unpaired) electrons. The second-order valence-electron chi connectivity index (χ2n) is 7.29. The summed E-state index contributed by atoms with van der Waals surface area (Å²) in [6.45, 7) is 5.88. The number of rotatable bonds is 4. The second kappa shape index (κ2) is 7.81. The van der Waals surface area contributed by atoms with Gasteiger partial charge in [0.1, 0.15) is 5.75 Å². The highest BCUT2D eigenvalue weighted by Gasteiger charge is 2.21. The number of nitrogens with one attached hydrogen (secondary N) is 1. The molecule has 0 unspecified atom stereocenters. The normalized spacial score (nSPS) is 13.8. The number of hydrogen-bond donors (Lipinski definition) is 1. The van der Waals surface area contributed by atoms with E-state index in [1.165, 1.54) is 11.1 Å². The molecule has 0 spiro atoms. The molecule has 1 aliphatic heterocycles. The molecule has 0 saturated heterocycles. The summed E-state index contributed by atoms with van der Waals surface area (Å²) in [4.78, 5) is 15.2. The van der Waals surface area contributed by atoms with E-state index in [2.05, 4.69) is 29.4 Å². The quantitative estimate of drug-likeness (QED) is 0.894. The van der Waals surface area contributed by atoms with Crippen LogP contribution in [0.2, 0.25) is 0 Å². The lowest BCUT2D eigenvalue weighted by atomic mass is 9.94. The molecular weight excluding hydrogens is 338 g/mol. The molecule has 2 aromatic rings. The van der Waals surface area contributed by atoms with E-state index >= 15 is 0 Å². The number of ether oxygens (including phenoxy) is 1. The highest BCUT2D eigenvalue weighted by molar-refractivity contribution is 6.07. The minimum Gasteiger partial charge on any atom is -0.496 e. The summed E-state index contributed by atoms with van der Waals surface area (Å²) < 4.78 is 5.44. The van der Waals surface area contributed by atoms with Crippen LogP contribution < -0.4 is 10.1 Å². The standard InChI is InChI=1S/C22H25N3O2/c1-14(2)18-11-21(27-4)19(10-16(18)12-23)22(26)24-20-7-5-6-15-13-25(3)9-8-17(15)20/h5-7,10-11,14H,8-9,13H2,1-4H3,(H,24,26). The molecule has 5 nitrogen and oxygen atoms in total. The first kappa shape index (κ1) is 18.9. The van der Waals surface area contributed by atoms with E-state index in [9.17, 15) is 10.1 Å². The first-order chi connectivity index (χ1) is 12.9. The number of hydrogen-bond acceptors (Lipinski definition) is 4. The Kier molecular flexibility index (Phi) is 5.48. The van der Waals surface area contributed by atoms with Crippen LogP contribution in [0.4, 0.5) is 5.69 Å². The lowest BCUT2D eigenvalue weighted by Gasteiger charge is -2.27. The van der Waals surface area contributed by atoms with Gasteiger partial charge in [0.05, 0.1) is 24.3 Å². The summed E-state index contributed by atoms with van der Waals surface area (Å²) in [6, 6.07) is 11.6. The summed E-state index contributed by atoms with van der Waals surface area (Å²) >= 11 is 0. The maximum Gasteiger partial charge on any atom is 0.259 e. The molecule has 3 rings (SSSR count). The second-order valence-corrected chi connectivity index (χ2v) is 7.29. The highest BCUT2D eigenvalue weighted by atomic mass is 16.5. The molecule has 1 N–H and O–H groups in total. The third kappa shape index (κ3) is 3.81. The molecule has 5 heteroatoms. The Morgan fingerprint density at radius 2 is 2.11 bits per heavy atom. The molecule has 0 aromatic heterocycles. The minimum absolute atomic E-state index is 0.170. The van der Waals surface area contributed by atoms with Gasteiger partial charge >= 0.3 is 0 Å². The first-order valence-electron chi connectivity index (χ1n) is 9.17. The van der Waals surface area contributed by atoms with Crippen molar-refractivity contribution >= 4 is 11.6 Å². The molecule has 1 amide bonds. The maximum atomic E-state index is 13.0. The van der Waals surface area contributed by atoms with Gasteiger partial charge in [-0.1, -0.05) is 26.0 Å². The fourth-order valence-electron chi connectivity index (χ4n) is 3.57. The van der Waals surface area contributed by atoms with Crippen LogP contribution in [0.15, 0.2) is 30.3 Å². The average Bonchev–Trinajstić information content (AvgIpc) is 2.66. The molecule has 2 aromatic carbocycles. The van der Waals surface area contributed by atoms with Gasteiger partial charge in [-0.3, -0.25) is 4.79 Å². The van der Waals surface area contributed by atoms with Crippen molar-refractivity contribution in [1.82, 2.24) is 4.90 Å². The van der Waals surface area contributed by atoms with Gasteiger partial charge in [0, 0.05) is 18.8 Å². The number of benzene rings is 2. The predicted octanol–water partition coefficient (Wildman–Crippen LogP) is 3.93. The molecule has 0 atom stereocenters. The Morgan fingerprint density at radius 1 is 1.33 bits per heavy atom. The minimum atomic E-state index is -0.258. The van der Waals surface area contributed by atoms with E-state index in [1.807, 2.05) is 26.0 Å². The fourth-order valence-corrected chi connectivity index (χ4v) is 3.57. The van der Waals surface area contributed by atoms with Gasteiger partial charge in [-0.2, -0.15) is 5.26 Å². The lowest BCUT2D eigenvalue weighted by molar-refractivity contribution is 0.102. The SMILES string of the molecule is COc1cc(C(C)C)c(C#N)cc1C(=O)Nc1cccc2c1CCN(C)C2. The van der Waals surface area contributed by atoms with Crippen molar-refractivity contribution in [2.24, 2.45) is 0 Å². The fraction of sp³-hybridized carbons (Fsp3) is 0.364. The van der Waals surface area contributed by atoms with E-state index in [0.717, 1.165) is 30.8 Å². The number of nitriles is 1. The summed E-state index contributed by atoms with van der Waals surface area (Å²) in [7, 11) is 3.64. The van der Waals surface area contributed by atoms with Crippen LogP contribution in [0.5, 0.6) is 5.75 Å². The summed E-state index contributed by atoms with van der Waals surface area (Å²) in [5.41, 5.74) is 5.02. The van der Waals surface area contributed by atoms with Gasteiger partial charge in [-0.15, -0.1) is 0 Å². The van der Waals surface area contributed by atoms with Crippen LogP contribution in [-0.2, 0) is 13.0 Å². The topological polar surface area (TPSA) is 65.4 Å². The van der Waals surface area contributed by atoms with Crippen molar-refractivity contribution in [2.45, 2.75) is 32.7 Å². The lowest BCUT2D eigenvalue weighted by Crippen LogP contribution is -2.27. The van der Waals surface area contributed by atoms with Crippen molar-refractivity contribution in [2.75, 3.05) is 26.0 Å². The zero-order valence-electron chi connectivity index (χ0n) is 16.3. The van der Waals surface area contributed by atoms with Crippen molar-refractivity contribution in [3.8, 4) is 11.8 Å². The zero-order chi connectivity index (χ0) is 19.6. The molecule has 0 fully saturated rings. The number of methoxy groups -OCH3 is 1. The Balaban J connectivity index is 1.96. The van der Waals surface area contributed by atoms with Crippen molar-refractivity contribution in [3.63, 3.8) is 0 Å². The molecule has 0 aliphatic carbocycles. The molecule has 1 heterocycles. The van der Waals surface area contributed by atoms with E-state index in [4.69, 9.17) is 4.74 Å². The largest absolute Gasteiger partial charge is 0.496 e. The number of carbonyl (C=O) groups is 1. The molecular formula is C22H25N3O2. The number of fused-ring (bicyclic) bond motifs is 1. The maximum absolute atomic E-state index is 13.0. The molecule has 27 heavy (non-hydrogen) atoms. The van der Waals surface area contributed by atoms with Crippen LogP contribution in [0, 0.1) is 11.3 Å². The van der Waals surface area contributed by atoms with Crippen LogP contribution in [-0.4, -0.2) is 31.5 Å². The summed E-state index contributed by atoms with van der Waals surface area (Å²) in [5.74, 6) is 0.398. The number of carbonyl (C=O) groups excluding carboxylic acids is 1.